The standard InChI is InChI=1S/C13H20ClNS/c1-3-8-15-11-5-4-10(9(11)2)12-6-7-13(14)16-12/h6-7,9-11,15H,3-5,8H2,1-2H3. The van der Waals surface area contributed by atoms with Gasteiger partial charge in [-0.05, 0) is 49.8 Å². The highest BCUT2D eigenvalue weighted by molar-refractivity contribution is 7.16. The SMILES string of the molecule is CCCNC1CCC(c2ccc(Cl)s2)C1C. The summed E-state index contributed by atoms with van der Waals surface area (Å²) >= 11 is 7.76. The summed E-state index contributed by atoms with van der Waals surface area (Å²) in [4.78, 5) is 1.47. The van der Waals surface area contributed by atoms with Gasteiger partial charge in [0.2, 0.25) is 0 Å². The van der Waals surface area contributed by atoms with Crippen LogP contribution in [0.15, 0.2) is 12.1 Å². The average Bonchev–Trinajstić information content (AvgIpc) is 2.83. The van der Waals surface area contributed by atoms with Gasteiger partial charge in [-0.1, -0.05) is 25.4 Å². The van der Waals surface area contributed by atoms with Crippen LogP contribution in [0, 0.1) is 5.92 Å². The van der Waals surface area contributed by atoms with Gasteiger partial charge in [0.1, 0.15) is 0 Å². The van der Waals surface area contributed by atoms with Gasteiger partial charge in [-0.15, -0.1) is 11.3 Å². The molecule has 3 atom stereocenters. The Morgan fingerprint density at radius 2 is 2.25 bits per heavy atom. The summed E-state index contributed by atoms with van der Waals surface area (Å²) in [6.45, 7) is 5.74. The van der Waals surface area contributed by atoms with Crippen molar-refractivity contribution in [3.05, 3.63) is 21.3 Å². The van der Waals surface area contributed by atoms with Crippen molar-refractivity contribution in [3.8, 4) is 0 Å². The van der Waals surface area contributed by atoms with Crippen molar-refractivity contribution >= 4 is 22.9 Å². The van der Waals surface area contributed by atoms with Crippen molar-refractivity contribution in [3.63, 3.8) is 0 Å². The third-order valence-corrected chi connectivity index (χ3v) is 5.04. The number of rotatable bonds is 4. The zero-order valence-electron chi connectivity index (χ0n) is 10.0. The van der Waals surface area contributed by atoms with E-state index < -0.39 is 0 Å². The van der Waals surface area contributed by atoms with Crippen LogP contribution in [0.4, 0.5) is 0 Å². The Labute approximate surface area is 107 Å². The van der Waals surface area contributed by atoms with Crippen LogP contribution in [0.2, 0.25) is 4.34 Å². The summed E-state index contributed by atoms with van der Waals surface area (Å²) in [6, 6.07) is 4.93. The molecule has 3 unspecified atom stereocenters. The molecule has 1 N–H and O–H groups in total. The van der Waals surface area contributed by atoms with E-state index in [-0.39, 0.29) is 0 Å². The van der Waals surface area contributed by atoms with Crippen LogP contribution in [-0.2, 0) is 0 Å². The zero-order valence-corrected chi connectivity index (χ0v) is 11.6. The molecule has 0 spiro atoms. The highest BCUT2D eigenvalue weighted by atomic mass is 35.5. The minimum Gasteiger partial charge on any atom is -0.314 e. The summed E-state index contributed by atoms with van der Waals surface area (Å²) in [7, 11) is 0. The van der Waals surface area contributed by atoms with E-state index in [4.69, 9.17) is 11.6 Å². The molecule has 90 valence electrons. The maximum absolute atomic E-state index is 6.01. The first-order valence-corrected chi connectivity index (χ1v) is 7.40. The molecule has 2 rings (SSSR count). The van der Waals surface area contributed by atoms with Gasteiger partial charge in [0, 0.05) is 10.9 Å². The highest BCUT2D eigenvalue weighted by Gasteiger charge is 2.33. The first-order chi connectivity index (χ1) is 7.72. The van der Waals surface area contributed by atoms with Crippen LogP contribution < -0.4 is 5.32 Å². The maximum atomic E-state index is 6.01. The number of thiophene rings is 1. The molecule has 0 saturated heterocycles. The van der Waals surface area contributed by atoms with Gasteiger partial charge in [-0.3, -0.25) is 0 Å². The zero-order chi connectivity index (χ0) is 11.5. The lowest BCUT2D eigenvalue weighted by molar-refractivity contribution is 0.407. The molecular formula is C13H20ClNS. The summed E-state index contributed by atoms with van der Waals surface area (Å²) in [5, 5.41) is 3.66. The second-order valence-corrected chi connectivity index (χ2v) is 6.49. The van der Waals surface area contributed by atoms with Crippen molar-refractivity contribution < 1.29 is 0 Å². The number of halogens is 1. The lowest BCUT2D eigenvalue weighted by atomic mass is 9.94. The van der Waals surface area contributed by atoms with Gasteiger partial charge in [0.15, 0.2) is 0 Å². The van der Waals surface area contributed by atoms with Gasteiger partial charge in [-0.25, -0.2) is 0 Å². The average molecular weight is 258 g/mol. The Morgan fingerprint density at radius 1 is 1.44 bits per heavy atom. The largest absolute Gasteiger partial charge is 0.314 e. The lowest BCUT2D eigenvalue weighted by Gasteiger charge is -2.20. The summed E-state index contributed by atoms with van der Waals surface area (Å²) in [6.07, 6.45) is 3.83. The van der Waals surface area contributed by atoms with Gasteiger partial charge < -0.3 is 5.32 Å². The molecule has 0 aliphatic heterocycles. The normalized spacial score (nSPS) is 29.8. The fourth-order valence-corrected chi connectivity index (χ4v) is 4.02. The van der Waals surface area contributed by atoms with Gasteiger partial charge >= 0.3 is 0 Å². The smallest absolute Gasteiger partial charge is 0.0931 e. The van der Waals surface area contributed by atoms with Crippen LogP contribution in [-0.4, -0.2) is 12.6 Å². The minimum absolute atomic E-state index is 0.700. The van der Waals surface area contributed by atoms with Crippen molar-refractivity contribution in [2.75, 3.05) is 6.54 Å². The van der Waals surface area contributed by atoms with Crippen LogP contribution in [0.5, 0.6) is 0 Å². The van der Waals surface area contributed by atoms with Crippen LogP contribution in [0.3, 0.4) is 0 Å². The third kappa shape index (κ3) is 2.61. The van der Waals surface area contributed by atoms with E-state index in [0.717, 1.165) is 16.8 Å². The van der Waals surface area contributed by atoms with Crippen molar-refractivity contribution in [2.45, 2.75) is 45.1 Å². The monoisotopic (exact) mass is 257 g/mol. The Bertz CT molecular complexity index is 336. The fourth-order valence-electron chi connectivity index (χ4n) is 2.71. The molecular weight excluding hydrogens is 238 g/mol. The molecule has 1 aliphatic carbocycles. The Kier molecular flexibility index (Phi) is 4.28. The van der Waals surface area contributed by atoms with E-state index >= 15 is 0 Å². The van der Waals surface area contributed by atoms with E-state index in [0.29, 0.717) is 12.0 Å². The molecule has 0 amide bonds. The van der Waals surface area contributed by atoms with Crippen molar-refractivity contribution in [1.29, 1.82) is 0 Å². The Balaban J connectivity index is 1.98. The quantitative estimate of drug-likeness (QED) is 0.849. The summed E-state index contributed by atoms with van der Waals surface area (Å²) in [5.41, 5.74) is 0. The van der Waals surface area contributed by atoms with Crippen LogP contribution in [0.25, 0.3) is 0 Å². The lowest BCUT2D eigenvalue weighted by Crippen LogP contribution is -2.32. The molecule has 0 bridgehead atoms. The number of hydrogen-bond donors (Lipinski definition) is 1. The van der Waals surface area contributed by atoms with Gasteiger partial charge in [0.25, 0.3) is 0 Å². The molecule has 1 fully saturated rings. The summed E-state index contributed by atoms with van der Waals surface area (Å²) < 4.78 is 0.923. The van der Waals surface area contributed by atoms with Crippen molar-refractivity contribution in [1.82, 2.24) is 5.32 Å². The molecule has 1 nitrogen and oxygen atoms in total. The van der Waals surface area contributed by atoms with E-state index in [2.05, 4.69) is 25.2 Å². The predicted octanol–water partition coefficient (Wildman–Crippen LogP) is 4.28. The molecule has 0 radical (unpaired) electrons. The minimum atomic E-state index is 0.700. The first kappa shape index (κ1) is 12.4. The van der Waals surface area contributed by atoms with E-state index in [1.807, 2.05) is 6.07 Å². The maximum Gasteiger partial charge on any atom is 0.0931 e. The second kappa shape index (κ2) is 5.52. The topological polar surface area (TPSA) is 12.0 Å². The van der Waals surface area contributed by atoms with Crippen LogP contribution >= 0.6 is 22.9 Å². The van der Waals surface area contributed by atoms with Crippen molar-refractivity contribution in [2.24, 2.45) is 5.92 Å². The predicted molar refractivity (Wildman–Crippen MR) is 72.5 cm³/mol. The Hall–Kier alpha value is -0.0500. The number of hydrogen-bond acceptors (Lipinski definition) is 2. The molecule has 1 aromatic rings. The fraction of sp³-hybridized carbons (Fsp3) is 0.692. The molecule has 1 aromatic heterocycles. The summed E-state index contributed by atoms with van der Waals surface area (Å²) in [5.74, 6) is 1.45. The van der Waals surface area contributed by atoms with Gasteiger partial charge in [0.05, 0.1) is 4.34 Å². The molecule has 0 aromatic carbocycles. The molecule has 16 heavy (non-hydrogen) atoms. The number of nitrogens with one attached hydrogen (secondary N) is 1. The Morgan fingerprint density at radius 3 is 2.88 bits per heavy atom. The van der Waals surface area contributed by atoms with E-state index in [1.54, 1.807) is 11.3 Å². The second-order valence-electron chi connectivity index (χ2n) is 4.75. The van der Waals surface area contributed by atoms with Crippen LogP contribution in [0.1, 0.15) is 43.9 Å². The highest BCUT2D eigenvalue weighted by Crippen LogP contribution is 2.42. The third-order valence-electron chi connectivity index (χ3n) is 3.67. The molecule has 3 heteroatoms. The van der Waals surface area contributed by atoms with E-state index in [9.17, 15) is 0 Å². The molecule has 1 heterocycles. The molecule has 1 saturated carbocycles. The first-order valence-electron chi connectivity index (χ1n) is 6.21. The molecule has 1 aliphatic rings. The van der Waals surface area contributed by atoms with E-state index in [1.165, 1.54) is 24.1 Å². The van der Waals surface area contributed by atoms with Gasteiger partial charge in [-0.2, -0.15) is 0 Å².